The fourth-order valence-electron chi connectivity index (χ4n) is 2.37. The number of ether oxygens (including phenoxy) is 2. The Morgan fingerprint density at radius 3 is 2.52 bits per heavy atom. The number of sulfonamides is 1. The summed E-state index contributed by atoms with van der Waals surface area (Å²) in [6, 6.07) is 10.9. The van der Waals surface area contributed by atoms with Crippen molar-refractivity contribution in [3.8, 4) is 5.75 Å². The fourth-order valence-corrected chi connectivity index (χ4v) is 4.88. The highest BCUT2D eigenvalue weighted by Crippen LogP contribution is 2.23. The van der Waals surface area contributed by atoms with Crippen LogP contribution in [-0.2, 0) is 26.1 Å². The lowest BCUT2D eigenvalue weighted by atomic mass is 10.3. The largest absolute Gasteiger partial charge is 0.497 e. The zero-order chi connectivity index (χ0) is 19.6. The second-order valence-electron chi connectivity index (χ2n) is 5.40. The van der Waals surface area contributed by atoms with Gasteiger partial charge in [0.05, 0.1) is 29.3 Å². The van der Waals surface area contributed by atoms with Gasteiger partial charge in [-0.1, -0.05) is 22.9 Å². The van der Waals surface area contributed by atoms with E-state index in [1.54, 1.807) is 18.2 Å². The SMILES string of the molecule is COC(=O)Cn1/c(=N/S(=O)(=O)c2ccc(OC)cc2)sc2cc(Cl)ccc21. The molecule has 0 radical (unpaired) electrons. The van der Waals surface area contributed by atoms with E-state index in [1.807, 2.05) is 0 Å². The molecule has 0 bridgehead atoms. The van der Waals surface area contributed by atoms with Crippen LogP contribution < -0.4 is 9.54 Å². The van der Waals surface area contributed by atoms with Gasteiger partial charge in [0.15, 0.2) is 0 Å². The van der Waals surface area contributed by atoms with E-state index in [0.717, 1.165) is 11.3 Å². The van der Waals surface area contributed by atoms with E-state index < -0.39 is 16.0 Å². The highest BCUT2D eigenvalue weighted by atomic mass is 35.5. The highest BCUT2D eigenvalue weighted by molar-refractivity contribution is 7.90. The molecule has 3 aromatic rings. The monoisotopic (exact) mass is 426 g/mol. The number of methoxy groups -OCH3 is 2. The maximum absolute atomic E-state index is 12.7. The van der Waals surface area contributed by atoms with E-state index in [2.05, 4.69) is 4.40 Å². The molecule has 0 aliphatic rings. The quantitative estimate of drug-likeness (QED) is 0.585. The Hall–Kier alpha value is -2.36. The third kappa shape index (κ3) is 4.15. The molecule has 0 aliphatic carbocycles. The van der Waals surface area contributed by atoms with Crippen LogP contribution in [0, 0.1) is 0 Å². The summed E-state index contributed by atoms with van der Waals surface area (Å²) in [6.07, 6.45) is 0. The maximum Gasteiger partial charge on any atom is 0.325 e. The Kier molecular flexibility index (Phi) is 5.54. The number of benzene rings is 2. The number of halogens is 1. The molecule has 3 rings (SSSR count). The number of rotatable bonds is 5. The second-order valence-corrected chi connectivity index (χ2v) is 8.45. The molecule has 0 fully saturated rings. The summed E-state index contributed by atoms with van der Waals surface area (Å²) in [6.45, 7) is -0.172. The molecule has 7 nitrogen and oxygen atoms in total. The van der Waals surface area contributed by atoms with Crippen molar-refractivity contribution in [2.75, 3.05) is 14.2 Å². The third-order valence-electron chi connectivity index (χ3n) is 3.72. The lowest BCUT2D eigenvalue weighted by Crippen LogP contribution is -2.22. The molecular formula is C17H15ClN2O5S2. The standard InChI is InChI=1S/C17H15ClN2O5S2/c1-24-12-4-6-13(7-5-12)27(22,23)19-17-20(10-16(21)25-2)14-8-3-11(18)9-15(14)26-17/h3-9H,10H2,1-2H3/b19-17-. The Morgan fingerprint density at radius 1 is 1.19 bits per heavy atom. The molecule has 0 saturated heterocycles. The summed E-state index contributed by atoms with van der Waals surface area (Å²) in [4.78, 5) is 11.9. The minimum atomic E-state index is -3.99. The maximum atomic E-state index is 12.7. The van der Waals surface area contributed by atoms with Crippen LogP contribution in [0.5, 0.6) is 5.75 Å². The van der Waals surface area contributed by atoms with E-state index >= 15 is 0 Å². The van der Waals surface area contributed by atoms with E-state index in [0.29, 0.717) is 21.0 Å². The van der Waals surface area contributed by atoms with Crippen LogP contribution in [0.25, 0.3) is 10.2 Å². The summed E-state index contributed by atoms with van der Waals surface area (Å²) in [5, 5.41) is 0.499. The van der Waals surface area contributed by atoms with Gasteiger partial charge in [0.1, 0.15) is 12.3 Å². The molecule has 1 aromatic heterocycles. The fraction of sp³-hybridized carbons (Fsp3) is 0.176. The minimum absolute atomic E-state index is 0.0170. The number of aromatic nitrogens is 1. The zero-order valence-electron chi connectivity index (χ0n) is 14.4. The molecule has 27 heavy (non-hydrogen) atoms. The Labute approximate surface area is 164 Å². The first-order valence-electron chi connectivity index (χ1n) is 7.65. The number of nitrogens with zero attached hydrogens (tertiary/aromatic N) is 2. The van der Waals surface area contributed by atoms with Crippen molar-refractivity contribution in [2.24, 2.45) is 4.40 Å². The van der Waals surface area contributed by atoms with Crippen molar-refractivity contribution in [2.45, 2.75) is 11.4 Å². The lowest BCUT2D eigenvalue weighted by Gasteiger charge is -2.04. The van der Waals surface area contributed by atoms with E-state index in [-0.39, 0.29) is 16.2 Å². The number of carbonyl (C=O) groups is 1. The number of thiazole rings is 1. The normalized spacial score (nSPS) is 12.3. The van der Waals surface area contributed by atoms with Crippen molar-refractivity contribution < 1.29 is 22.7 Å². The van der Waals surface area contributed by atoms with Gasteiger partial charge in [0, 0.05) is 5.02 Å². The molecule has 0 N–H and O–H groups in total. The average molecular weight is 427 g/mol. The van der Waals surface area contributed by atoms with Gasteiger partial charge in [-0.25, -0.2) is 0 Å². The van der Waals surface area contributed by atoms with Crippen molar-refractivity contribution >= 4 is 49.1 Å². The number of hydrogen-bond acceptors (Lipinski definition) is 6. The van der Waals surface area contributed by atoms with E-state index in [1.165, 1.54) is 43.1 Å². The van der Waals surface area contributed by atoms with E-state index in [9.17, 15) is 13.2 Å². The van der Waals surface area contributed by atoms with Gasteiger partial charge in [0.2, 0.25) is 4.80 Å². The van der Waals surface area contributed by atoms with Gasteiger partial charge in [-0.15, -0.1) is 4.40 Å². The number of hydrogen-bond donors (Lipinski definition) is 0. The van der Waals surface area contributed by atoms with Crippen molar-refractivity contribution in [1.82, 2.24) is 4.57 Å². The van der Waals surface area contributed by atoms with Gasteiger partial charge in [0.25, 0.3) is 10.0 Å². The van der Waals surface area contributed by atoms with Crippen LogP contribution in [0.2, 0.25) is 5.02 Å². The molecule has 0 spiro atoms. The molecule has 142 valence electrons. The topological polar surface area (TPSA) is 87.0 Å². The predicted octanol–water partition coefficient (Wildman–Crippen LogP) is 2.83. The van der Waals surface area contributed by atoms with Gasteiger partial charge < -0.3 is 14.0 Å². The molecular weight excluding hydrogens is 412 g/mol. The smallest absolute Gasteiger partial charge is 0.325 e. The van der Waals surface area contributed by atoms with Crippen molar-refractivity contribution in [3.05, 3.63) is 52.3 Å². The van der Waals surface area contributed by atoms with Gasteiger partial charge in [-0.2, -0.15) is 8.42 Å². The number of carbonyl (C=O) groups excluding carboxylic acids is 1. The lowest BCUT2D eigenvalue weighted by molar-refractivity contribution is -0.141. The van der Waals surface area contributed by atoms with E-state index in [4.69, 9.17) is 21.1 Å². The second kappa shape index (κ2) is 7.71. The Morgan fingerprint density at radius 2 is 1.89 bits per heavy atom. The molecule has 0 saturated carbocycles. The molecule has 10 heteroatoms. The summed E-state index contributed by atoms with van der Waals surface area (Å²) >= 11 is 7.14. The Bertz CT molecular complexity index is 1160. The highest BCUT2D eigenvalue weighted by Gasteiger charge is 2.16. The molecule has 2 aromatic carbocycles. The molecule has 0 atom stereocenters. The zero-order valence-corrected chi connectivity index (χ0v) is 16.8. The van der Waals surface area contributed by atoms with Crippen molar-refractivity contribution in [1.29, 1.82) is 0 Å². The predicted molar refractivity (Wildman–Crippen MR) is 103 cm³/mol. The average Bonchev–Trinajstić information content (AvgIpc) is 2.97. The summed E-state index contributed by atoms with van der Waals surface area (Å²) < 4.78 is 41.3. The third-order valence-corrected chi connectivity index (χ3v) is 6.39. The van der Waals surface area contributed by atoms with Crippen LogP contribution in [0.1, 0.15) is 0 Å². The first-order valence-corrected chi connectivity index (χ1v) is 10.3. The van der Waals surface area contributed by atoms with Crippen LogP contribution >= 0.6 is 22.9 Å². The van der Waals surface area contributed by atoms with Gasteiger partial charge >= 0.3 is 5.97 Å². The van der Waals surface area contributed by atoms with Crippen molar-refractivity contribution in [3.63, 3.8) is 0 Å². The first-order chi connectivity index (χ1) is 12.8. The molecule has 0 unspecified atom stereocenters. The van der Waals surface area contributed by atoms with Crippen LogP contribution in [0.4, 0.5) is 0 Å². The first kappa shape index (κ1) is 19.4. The molecule has 1 heterocycles. The molecule has 0 aliphatic heterocycles. The summed E-state index contributed by atoms with van der Waals surface area (Å²) in [5.74, 6) is 0.0131. The summed E-state index contributed by atoms with van der Waals surface area (Å²) in [5.41, 5.74) is 0.637. The van der Waals surface area contributed by atoms with Gasteiger partial charge in [-0.3, -0.25) is 4.79 Å². The number of esters is 1. The van der Waals surface area contributed by atoms with Crippen LogP contribution in [-0.4, -0.2) is 33.2 Å². The summed E-state index contributed by atoms with van der Waals surface area (Å²) in [7, 11) is -1.23. The molecule has 0 amide bonds. The minimum Gasteiger partial charge on any atom is -0.497 e. The van der Waals surface area contributed by atoms with Gasteiger partial charge in [-0.05, 0) is 42.5 Å². The van der Waals surface area contributed by atoms with Crippen LogP contribution in [0.15, 0.2) is 51.8 Å². The number of fused-ring (bicyclic) bond motifs is 1. The Balaban J connectivity index is 2.18. The van der Waals surface area contributed by atoms with Crippen LogP contribution in [0.3, 0.4) is 0 Å².